The van der Waals surface area contributed by atoms with E-state index in [1.807, 2.05) is 0 Å². The molecule has 2 N–H and O–H groups in total. The Morgan fingerprint density at radius 3 is 1.50 bits per heavy atom. The lowest BCUT2D eigenvalue weighted by Gasteiger charge is -2.21. The monoisotopic (exact) mass is 422 g/mol. The van der Waals surface area contributed by atoms with Crippen LogP contribution >= 0.6 is 15.6 Å². The van der Waals surface area contributed by atoms with Gasteiger partial charge in [0.15, 0.2) is 0 Å². The SMILES string of the molecule is O=P(O)(Oc1ccc(O)cc1)OP(=O)(Oc1ccccc1)Oc1ccccc1. The molecule has 28 heavy (non-hydrogen) atoms. The molecule has 0 heterocycles. The summed E-state index contributed by atoms with van der Waals surface area (Å²) in [5, 5.41) is 9.27. The van der Waals surface area contributed by atoms with Gasteiger partial charge in [0.1, 0.15) is 23.0 Å². The predicted molar refractivity (Wildman–Crippen MR) is 101 cm³/mol. The minimum atomic E-state index is -4.92. The third kappa shape index (κ3) is 5.87. The summed E-state index contributed by atoms with van der Waals surface area (Å²) in [6.07, 6.45) is 0. The number of phenolic OH excluding ortho intramolecular Hbond substituents is 1. The van der Waals surface area contributed by atoms with E-state index in [0.717, 1.165) is 0 Å². The molecule has 0 radical (unpaired) electrons. The second-order valence-corrected chi connectivity index (χ2v) is 8.42. The number of hydrogen-bond donors (Lipinski definition) is 2. The quantitative estimate of drug-likeness (QED) is 0.479. The van der Waals surface area contributed by atoms with Gasteiger partial charge in [-0.1, -0.05) is 36.4 Å². The molecule has 0 aliphatic carbocycles. The molecule has 0 fully saturated rings. The van der Waals surface area contributed by atoms with Crippen molar-refractivity contribution in [3.8, 4) is 23.0 Å². The largest absolute Gasteiger partial charge is 0.597 e. The summed E-state index contributed by atoms with van der Waals surface area (Å²) in [5.41, 5.74) is 0. The molecule has 3 rings (SSSR count). The number of benzene rings is 3. The Balaban J connectivity index is 1.83. The van der Waals surface area contributed by atoms with Crippen molar-refractivity contribution in [1.29, 1.82) is 0 Å². The standard InChI is InChI=1S/C18H16O8P2/c19-15-11-13-18(14-12-15)23-27(20,21)26-28(22,24-16-7-3-1-4-8-16)25-17-9-5-2-6-10-17/h1-14,19H,(H,20,21). The smallest absolute Gasteiger partial charge is 0.508 e. The molecule has 0 spiro atoms. The summed E-state index contributed by atoms with van der Waals surface area (Å²) in [4.78, 5) is 10.0. The topological polar surface area (TPSA) is 112 Å². The molecular weight excluding hydrogens is 406 g/mol. The molecule has 0 saturated heterocycles. The first kappa shape index (κ1) is 20.0. The lowest BCUT2D eigenvalue weighted by Crippen LogP contribution is -2.06. The van der Waals surface area contributed by atoms with Crippen LogP contribution in [0.3, 0.4) is 0 Å². The molecule has 1 unspecified atom stereocenters. The fourth-order valence-electron chi connectivity index (χ4n) is 2.06. The first-order valence-corrected chi connectivity index (χ1v) is 10.9. The van der Waals surface area contributed by atoms with Crippen molar-refractivity contribution < 1.29 is 37.0 Å². The van der Waals surface area contributed by atoms with Crippen LogP contribution in [0.5, 0.6) is 23.0 Å². The molecule has 0 bridgehead atoms. The van der Waals surface area contributed by atoms with Crippen LogP contribution in [-0.4, -0.2) is 10.00 Å². The van der Waals surface area contributed by atoms with Gasteiger partial charge in [0.2, 0.25) is 0 Å². The van der Waals surface area contributed by atoms with E-state index in [2.05, 4.69) is 0 Å². The maximum atomic E-state index is 13.1. The van der Waals surface area contributed by atoms with E-state index in [1.54, 1.807) is 36.4 Å². The molecule has 0 aliphatic heterocycles. The molecule has 3 aromatic rings. The zero-order chi connectivity index (χ0) is 20.0. The Morgan fingerprint density at radius 1 is 0.607 bits per heavy atom. The van der Waals surface area contributed by atoms with Gasteiger partial charge in [-0.3, -0.25) is 4.89 Å². The summed E-state index contributed by atoms with van der Waals surface area (Å²) in [5.74, 6) is 0.0546. The Kier molecular flexibility index (Phi) is 6.07. The van der Waals surface area contributed by atoms with Crippen molar-refractivity contribution in [3.63, 3.8) is 0 Å². The number of aromatic hydroxyl groups is 1. The van der Waals surface area contributed by atoms with Crippen LogP contribution in [0.1, 0.15) is 0 Å². The van der Waals surface area contributed by atoms with Gasteiger partial charge in [0, 0.05) is 0 Å². The van der Waals surface area contributed by atoms with Crippen LogP contribution < -0.4 is 13.6 Å². The Bertz CT molecular complexity index is 948. The number of rotatable bonds is 8. The van der Waals surface area contributed by atoms with E-state index in [4.69, 9.17) is 17.9 Å². The maximum Gasteiger partial charge on any atom is 0.597 e. The van der Waals surface area contributed by atoms with Gasteiger partial charge in [0.05, 0.1) is 0 Å². The molecular formula is C18H16O8P2. The third-order valence-corrected chi connectivity index (χ3v) is 6.12. The van der Waals surface area contributed by atoms with Crippen molar-refractivity contribution in [1.82, 2.24) is 0 Å². The van der Waals surface area contributed by atoms with Crippen LogP contribution in [0.2, 0.25) is 0 Å². The van der Waals surface area contributed by atoms with Crippen molar-refractivity contribution in [3.05, 3.63) is 84.9 Å². The van der Waals surface area contributed by atoms with Crippen molar-refractivity contribution in [2.75, 3.05) is 0 Å². The average Bonchev–Trinajstić information content (AvgIpc) is 2.64. The Morgan fingerprint density at radius 2 is 1.04 bits per heavy atom. The molecule has 0 amide bonds. The summed E-state index contributed by atoms with van der Waals surface area (Å²) in [6, 6.07) is 20.8. The lowest BCUT2D eigenvalue weighted by molar-refractivity contribution is 0.238. The second-order valence-electron chi connectivity index (χ2n) is 5.39. The van der Waals surface area contributed by atoms with Crippen molar-refractivity contribution in [2.45, 2.75) is 0 Å². The van der Waals surface area contributed by atoms with E-state index >= 15 is 0 Å². The summed E-state index contributed by atoms with van der Waals surface area (Å²) < 4.78 is 45.7. The minimum absolute atomic E-state index is 0.0634. The number of para-hydroxylation sites is 2. The fourth-order valence-corrected chi connectivity index (χ4v) is 4.65. The first-order valence-electron chi connectivity index (χ1n) is 7.96. The van der Waals surface area contributed by atoms with Crippen molar-refractivity contribution in [2.24, 2.45) is 0 Å². The molecule has 0 aromatic heterocycles. The van der Waals surface area contributed by atoms with Crippen molar-refractivity contribution >= 4 is 15.6 Å². The Labute approximate surface area is 161 Å². The first-order chi connectivity index (χ1) is 13.3. The highest BCUT2D eigenvalue weighted by Gasteiger charge is 2.42. The van der Waals surface area contributed by atoms with Crippen LogP contribution in [0, 0.1) is 0 Å². The number of phosphoric ester groups is 2. The molecule has 146 valence electrons. The summed E-state index contributed by atoms with van der Waals surface area (Å²) in [6.45, 7) is 0. The zero-order valence-electron chi connectivity index (χ0n) is 14.3. The lowest BCUT2D eigenvalue weighted by atomic mass is 10.3. The van der Waals surface area contributed by atoms with Crippen LogP contribution in [0.15, 0.2) is 84.9 Å². The van der Waals surface area contributed by atoms with Gasteiger partial charge in [-0.15, -0.1) is 0 Å². The highest BCUT2D eigenvalue weighted by atomic mass is 31.3. The fraction of sp³-hybridized carbons (Fsp3) is 0. The molecule has 0 saturated carbocycles. The van der Waals surface area contributed by atoms with E-state index in [9.17, 15) is 19.1 Å². The Hall–Kier alpha value is -2.76. The molecule has 10 heteroatoms. The van der Waals surface area contributed by atoms with E-state index in [1.165, 1.54) is 48.5 Å². The molecule has 8 nitrogen and oxygen atoms in total. The van der Waals surface area contributed by atoms with Gasteiger partial charge in [-0.05, 0) is 48.5 Å². The van der Waals surface area contributed by atoms with Crippen LogP contribution in [0.4, 0.5) is 0 Å². The van der Waals surface area contributed by atoms with E-state index < -0.39 is 15.6 Å². The van der Waals surface area contributed by atoms with Gasteiger partial charge in [0.25, 0.3) is 0 Å². The number of phosphoric acid groups is 2. The van der Waals surface area contributed by atoms with Crippen LogP contribution in [-0.2, 0) is 13.4 Å². The van der Waals surface area contributed by atoms with Gasteiger partial charge in [-0.2, -0.15) is 4.31 Å². The average molecular weight is 422 g/mol. The van der Waals surface area contributed by atoms with Gasteiger partial charge < -0.3 is 18.7 Å². The summed E-state index contributed by atoms with van der Waals surface area (Å²) >= 11 is 0. The van der Waals surface area contributed by atoms with E-state index in [-0.39, 0.29) is 23.0 Å². The maximum absolute atomic E-state index is 13.1. The number of hydrogen-bond acceptors (Lipinski definition) is 7. The van der Waals surface area contributed by atoms with Crippen LogP contribution in [0.25, 0.3) is 0 Å². The molecule has 0 aliphatic rings. The van der Waals surface area contributed by atoms with Gasteiger partial charge >= 0.3 is 15.6 Å². The zero-order valence-corrected chi connectivity index (χ0v) is 16.1. The van der Waals surface area contributed by atoms with Gasteiger partial charge in [-0.25, -0.2) is 9.13 Å². The second kappa shape index (κ2) is 8.50. The highest BCUT2D eigenvalue weighted by Crippen LogP contribution is 2.62. The molecule has 1 atom stereocenters. The normalized spacial score (nSPS) is 13.3. The third-order valence-electron chi connectivity index (χ3n) is 3.18. The summed E-state index contributed by atoms with van der Waals surface area (Å²) in [7, 11) is -9.54. The molecule has 3 aromatic carbocycles. The number of phenols is 1. The van der Waals surface area contributed by atoms with E-state index in [0.29, 0.717) is 0 Å². The minimum Gasteiger partial charge on any atom is -0.508 e. The highest BCUT2D eigenvalue weighted by molar-refractivity contribution is 7.62. The predicted octanol–water partition coefficient (Wildman–Crippen LogP) is 5.15.